The van der Waals surface area contributed by atoms with Crippen LogP contribution < -0.4 is 4.74 Å². The number of nitrogens with zero attached hydrogens (tertiary/aromatic N) is 5. The first-order valence-corrected chi connectivity index (χ1v) is 8.38. The van der Waals surface area contributed by atoms with Crippen LogP contribution in [0.2, 0.25) is 0 Å². The molecular formula is C18H21N5O2. The van der Waals surface area contributed by atoms with Crippen LogP contribution in [0, 0.1) is 0 Å². The Balaban J connectivity index is 1.40. The summed E-state index contributed by atoms with van der Waals surface area (Å²) in [5.74, 6) is 2.42. The summed E-state index contributed by atoms with van der Waals surface area (Å²) >= 11 is 0. The Kier molecular flexibility index (Phi) is 4.23. The quantitative estimate of drug-likeness (QED) is 0.711. The van der Waals surface area contributed by atoms with Crippen molar-refractivity contribution in [1.29, 1.82) is 0 Å². The van der Waals surface area contributed by atoms with Gasteiger partial charge in [-0.3, -0.25) is 4.90 Å². The van der Waals surface area contributed by atoms with Gasteiger partial charge in [0.05, 0.1) is 25.6 Å². The molecular weight excluding hydrogens is 318 g/mol. The summed E-state index contributed by atoms with van der Waals surface area (Å²) in [6.45, 7) is 2.88. The normalized spacial score (nSPS) is 17.9. The van der Waals surface area contributed by atoms with Gasteiger partial charge in [-0.1, -0.05) is 12.1 Å². The summed E-state index contributed by atoms with van der Waals surface area (Å²) in [5.41, 5.74) is 2.12. The molecule has 0 radical (unpaired) electrons. The largest absolute Gasteiger partial charge is 0.497 e. The lowest BCUT2D eigenvalue weighted by Crippen LogP contribution is -2.19. The maximum Gasteiger partial charge on any atom is 0.265 e. The molecule has 7 nitrogen and oxygen atoms in total. The number of rotatable bonds is 5. The van der Waals surface area contributed by atoms with Gasteiger partial charge in [0.15, 0.2) is 0 Å². The molecule has 25 heavy (non-hydrogen) atoms. The molecule has 0 amide bonds. The molecule has 1 atom stereocenters. The van der Waals surface area contributed by atoms with E-state index in [1.54, 1.807) is 19.6 Å². The van der Waals surface area contributed by atoms with E-state index in [1.165, 1.54) is 5.56 Å². The first-order chi connectivity index (χ1) is 12.2. The molecule has 0 bridgehead atoms. The molecule has 3 heterocycles. The van der Waals surface area contributed by atoms with Crippen molar-refractivity contribution in [2.45, 2.75) is 18.9 Å². The lowest BCUT2D eigenvalue weighted by atomic mass is 10.1. The Bertz CT molecular complexity index is 839. The SMILES string of the molecule is COc1ccc(CN2CCC(c3nnc(-c4cncn4C)o3)C2)cc1. The Morgan fingerprint density at radius 2 is 2.08 bits per heavy atom. The first-order valence-electron chi connectivity index (χ1n) is 8.38. The minimum atomic E-state index is 0.285. The summed E-state index contributed by atoms with van der Waals surface area (Å²) in [6.07, 6.45) is 4.50. The van der Waals surface area contributed by atoms with E-state index < -0.39 is 0 Å². The standard InChI is InChI=1S/C18H21N5O2/c1-22-12-19-9-16(22)18-21-20-17(25-18)14-7-8-23(11-14)10-13-3-5-15(24-2)6-4-13/h3-6,9,12,14H,7-8,10-11H2,1-2H3. The number of aromatic nitrogens is 4. The van der Waals surface area contributed by atoms with Crippen LogP contribution in [-0.2, 0) is 13.6 Å². The fraction of sp³-hybridized carbons (Fsp3) is 0.389. The molecule has 0 spiro atoms. The average Bonchev–Trinajstić information content (AvgIpc) is 3.35. The number of hydrogen-bond acceptors (Lipinski definition) is 6. The molecule has 0 saturated carbocycles. The highest BCUT2D eigenvalue weighted by Crippen LogP contribution is 2.29. The van der Waals surface area contributed by atoms with Gasteiger partial charge in [-0.2, -0.15) is 0 Å². The fourth-order valence-electron chi connectivity index (χ4n) is 3.23. The lowest BCUT2D eigenvalue weighted by molar-refractivity contribution is 0.320. The second kappa shape index (κ2) is 6.68. The number of ether oxygens (including phenoxy) is 1. The van der Waals surface area contributed by atoms with E-state index in [9.17, 15) is 0 Å². The van der Waals surface area contributed by atoms with E-state index in [0.717, 1.165) is 37.5 Å². The van der Waals surface area contributed by atoms with Crippen molar-refractivity contribution in [2.24, 2.45) is 7.05 Å². The Labute approximate surface area is 146 Å². The molecule has 1 saturated heterocycles. The number of imidazole rings is 1. The van der Waals surface area contributed by atoms with Crippen LogP contribution in [-0.4, -0.2) is 44.8 Å². The van der Waals surface area contributed by atoms with Crippen LogP contribution in [0.3, 0.4) is 0 Å². The van der Waals surface area contributed by atoms with Gasteiger partial charge in [-0.05, 0) is 30.7 Å². The third-order valence-electron chi connectivity index (χ3n) is 4.66. The zero-order valence-corrected chi connectivity index (χ0v) is 14.4. The van der Waals surface area contributed by atoms with E-state index in [2.05, 4.69) is 32.2 Å². The van der Waals surface area contributed by atoms with Crippen LogP contribution in [0.5, 0.6) is 5.75 Å². The van der Waals surface area contributed by atoms with E-state index in [1.807, 2.05) is 23.7 Å². The molecule has 4 rings (SSSR count). The molecule has 0 N–H and O–H groups in total. The van der Waals surface area contributed by atoms with Crippen molar-refractivity contribution in [2.75, 3.05) is 20.2 Å². The molecule has 1 aliphatic heterocycles. The summed E-state index contributed by atoms with van der Waals surface area (Å²) in [7, 11) is 3.60. The van der Waals surface area contributed by atoms with E-state index in [0.29, 0.717) is 11.8 Å². The smallest absolute Gasteiger partial charge is 0.265 e. The summed E-state index contributed by atoms with van der Waals surface area (Å²) in [4.78, 5) is 6.51. The van der Waals surface area contributed by atoms with E-state index in [-0.39, 0.29) is 5.92 Å². The lowest BCUT2D eigenvalue weighted by Gasteiger charge is -2.15. The third kappa shape index (κ3) is 3.28. The highest BCUT2D eigenvalue weighted by Gasteiger charge is 2.28. The van der Waals surface area contributed by atoms with Gasteiger partial charge in [0.1, 0.15) is 11.4 Å². The number of benzene rings is 1. The first kappa shape index (κ1) is 15.8. The molecule has 1 aliphatic rings. The molecule has 3 aromatic rings. The van der Waals surface area contributed by atoms with Gasteiger partial charge in [-0.15, -0.1) is 10.2 Å². The van der Waals surface area contributed by atoms with Crippen molar-refractivity contribution >= 4 is 0 Å². The van der Waals surface area contributed by atoms with Gasteiger partial charge in [0.2, 0.25) is 5.89 Å². The number of aryl methyl sites for hydroxylation is 1. The third-order valence-corrected chi connectivity index (χ3v) is 4.66. The maximum atomic E-state index is 5.90. The van der Waals surface area contributed by atoms with E-state index in [4.69, 9.17) is 9.15 Å². The zero-order chi connectivity index (χ0) is 17.2. The molecule has 1 fully saturated rings. The minimum Gasteiger partial charge on any atom is -0.497 e. The molecule has 1 aromatic carbocycles. The molecule has 130 valence electrons. The minimum absolute atomic E-state index is 0.285. The molecule has 7 heteroatoms. The van der Waals surface area contributed by atoms with Crippen LogP contribution >= 0.6 is 0 Å². The second-order valence-electron chi connectivity index (χ2n) is 6.40. The van der Waals surface area contributed by atoms with E-state index >= 15 is 0 Å². The molecule has 1 unspecified atom stereocenters. The Morgan fingerprint density at radius 1 is 1.24 bits per heavy atom. The monoisotopic (exact) mass is 339 g/mol. The Morgan fingerprint density at radius 3 is 2.80 bits per heavy atom. The number of methoxy groups -OCH3 is 1. The van der Waals surface area contributed by atoms with Crippen molar-refractivity contribution in [3.8, 4) is 17.3 Å². The van der Waals surface area contributed by atoms with Crippen LogP contribution in [0.1, 0.15) is 23.8 Å². The van der Waals surface area contributed by atoms with Crippen LogP contribution in [0.4, 0.5) is 0 Å². The average molecular weight is 339 g/mol. The highest BCUT2D eigenvalue weighted by molar-refractivity contribution is 5.44. The van der Waals surface area contributed by atoms with Gasteiger partial charge in [0.25, 0.3) is 5.89 Å². The zero-order valence-electron chi connectivity index (χ0n) is 14.4. The van der Waals surface area contributed by atoms with Gasteiger partial charge < -0.3 is 13.7 Å². The van der Waals surface area contributed by atoms with Gasteiger partial charge >= 0.3 is 0 Å². The predicted octanol–water partition coefficient (Wildman–Crippen LogP) is 2.47. The van der Waals surface area contributed by atoms with Crippen molar-refractivity contribution in [1.82, 2.24) is 24.6 Å². The summed E-state index contributed by atoms with van der Waals surface area (Å²) in [6, 6.07) is 8.22. The van der Waals surface area contributed by atoms with Crippen LogP contribution in [0.25, 0.3) is 11.6 Å². The molecule has 2 aromatic heterocycles. The summed E-state index contributed by atoms with van der Waals surface area (Å²) in [5, 5.41) is 8.44. The fourth-order valence-corrected chi connectivity index (χ4v) is 3.23. The van der Waals surface area contributed by atoms with Crippen molar-refractivity contribution in [3.63, 3.8) is 0 Å². The van der Waals surface area contributed by atoms with Crippen LogP contribution in [0.15, 0.2) is 41.2 Å². The number of likely N-dealkylation sites (tertiary alicyclic amines) is 1. The Hall–Kier alpha value is -2.67. The summed E-state index contributed by atoms with van der Waals surface area (Å²) < 4.78 is 13.0. The maximum absolute atomic E-state index is 5.90. The van der Waals surface area contributed by atoms with Gasteiger partial charge in [0, 0.05) is 20.1 Å². The van der Waals surface area contributed by atoms with Crippen molar-refractivity contribution in [3.05, 3.63) is 48.2 Å². The highest BCUT2D eigenvalue weighted by atomic mass is 16.5. The number of hydrogen-bond donors (Lipinski definition) is 0. The van der Waals surface area contributed by atoms with Gasteiger partial charge in [-0.25, -0.2) is 4.98 Å². The second-order valence-corrected chi connectivity index (χ2v) is 6.40. The predicted molar refractivity (Wildman–Crippen MR) is 92.1 cm³/mol. The topological polar surface area (TPSA) is 69.2 Å². The molecule has 0 aliphatic carbocycles. The van der Waals surface area contributed by atoms with Crippen molar-refractivity contribution < 1.29 is 9.15 Å².